The van der Waals surface area contributed by atoms with Crippen molar-refractivity contribution in [3.05, 3.63) is 40.4 Å². The third-order valence-corrected chi connectivity index (χ3v) is 6.61. The molecule has 3 atom stereocenters. The second-order valence-electron chi connectivity index (χ2n) is 8.38. The number of nitrogens with one attached hydrogen (secondary N) is 1. The average molecular weight is 521 g/mol. The molecule has 1 aromatic carbocycles. The summed E-state index contributed by atoms with van der Waals surface area (Å²) in [6.45, 7) is -0.162. The van der Waals surface area contributed by atoms with Crippen LogP contribution >= 0.6 is 23.2 Å². The Kier molecular flexibility index (Phi) is 6.95. The number of anilines is 3. The highest BCUT2D eigenvalue weighted by Crippen LogP contribution is 2.39. The molecule has 7 nitrogen and oxygen atoms in total. The van der Waals surface area contributed by atoms with E-state index in [1.165, 1.54) is 15.9 Å². The zero-order valence-electron chi connectivity index (χ0n) is 17.8. The number of piperidine rings is 2. The second-order valence-corrected chi connectivity index (χ2v) is 9.25. The van der Waals surface area contributed by atoms with Gasteiger partial charge in [-0.1, -0.05) is 23.2 Å². The van der Waals surface area contributed by atoms with Crippen LogP contribution in [0.25, 0.3) is 0 Å². The van der Waals surface area contributed by atoms with Crippen LogP contribution in [-0.2, 0) is 4.79 Å². The first-order valence-electron chi connectivity index (χ1n) is 10.7. The van der Waals surface area contributed by atoms with Crippen LogP contribution in [0.5, 0.6) is 0 Å². The van der Waals surface area contributed by atoms with Gasteiger partial charge in [0.15, 0.2) is 11.6 Å². The maximum absolute atomic E-state index is 14.5. The fourth-order valence-electron chi connectivity index (χ4n) is 4.62. The Balaban J connectivity index is 1.59. The molecular weight excluding hydrogens is 499 g/mol. The molecule has 2 fully saturated rings. The van der Waals surface area contributed by atoms with Gasteiger partial charge in [0.1, 0.15) is 12.4 Å². The maximum Gasteiger partial charge on any atom is 0.393 e. The number of likely N-dealkylation sites (tertiary alicyclic amines) is 1. The van der Waals surface area contributed by atoms with Crippen LogP contribution in [0.2, 0.25) is 10.0 Å². The molecule has 0 spiro atoms. The van der Waals surface area contributed by atoms with Crippen LogP contribution in [-0.4, -0.2) is 58.7 Å². The van der Waals surface area contributed by atoms with E-state index in [1.807, 2.05) is 0 Å². The van der Waals surface area contributed by atoms with Crippen molar-refractivity contribution in [1.29, 1.82) is 0 Å². The van der Waals surface area contributed by atoms with Gasteiger partial charge in [0.25, 0.3) is 0 Å². The summed E-state index contributed by atoms with van der Waals surface area (Å²) in [4.78, 5) is 23.4. The molecule has 34 heavy (non-hydrogen) atoms. The largest absolute Gasteiger partial charge is 0.393 e. The first-order valence-corrected chi connectivity index (χ1v) is 11.4. The molecule has 184 valence electrons. The van der Waals surface area contributed by atoms with E-state index in [0.29, 0.717) is 28.6 Å². The van der Waals surface area contributed by atoms with Crippen LogP contribution in [0.15, 0.2) is 24.5 Å². The Hall–Kier alpha value is -2.53. The lowest BCUT2D eigenvalue weighted by Crippen LogP contribution is -2.62. The van der Waals surface area contributed by atoms with Crippen molar-refractivity contribution < 1.29 is 22.4 Å². The number of nitrogens with two attached hydrogens (primary N) is 1. The van der Waals surface area contributed by atoms with Crippen molar-refractivity contribution in [2.75, 3.05) is 35.6 Å². The molecule has 2 saturated heterocycles. The Labute approximate surface area is 203 Å². The molecule has 13 heteroatoms. The summed E-state index contributed by atoms with van der Waals surface area (Å²) >= 11 is 12.0. The van der Waals surface area contributed by atoms with E-state index in [1.54, 1.807) is 12.1 Å². The quantitative estimate of drug-likeness (QED) is 0.582. The number of carbonyl (C=O) groups is 1. The Morgan fingerprint density at radius 3 is 2.47 bits per heavy atom. The van der Waals surface area contributed by atoms with Gasteiger partial charge in [0.2, 0.25) is 11.7 Å². The van der Waals surface area contributed by atoms with E-state index < -0.39 is 41.7 Å². The topological polar surface area (TPSA) is 87.4 Å². The number of aromatic nitrogens is 2. The molecule has 1 amide bonds. The van der Waals surface area contributed by atoms with E-state index in [-0.39, 0.29) is 31.9 Å². The number of carbonyl (C=O) groups excluding carboxylic acids is 1. The van der Waals surface area contributed by atoms with Crippen molar-refractivity contribution >= 4 is 46.4 Å². The maximum atomic E-state index is 14.5. The van der Waals surface area contributed by atoms with Crippen LogP contribution in [0, 0.1) is 11.7 Å². The molecule has 0 radical (unpaired) electrons. The third-order valence-electron chi connectivity index (χ3n) is 6.18. The number of hydrogen-bond donors (Lipinski definition) is 2. The van der Waals surface area contributed by atoms with Gasteiger partial charge < -0.3 is 20.9 Å². The zero-order valence-corrected chi connectivity index (χ0v) is 19.3. The predicted octanol–water partition coefficient (Wildman–Crippen LogP) is 4.37. The summed E-state index contributed by atoms with van der Waals surface area (Å²) < 4.78 is 56.4. The summed E-state index contributed by atoms with van der Waals surface area (Å²) in [5.74, 6) is -3.68. The number of hydrogen-bond acceptors (Lipinski definition) is 6. The standard InChI is InChI=1S/C21H22Cl2F4N6O/c22-11-6-12(23)8-13(7-11)31-15-2-1-4-33(20(15)34)16-9-32(5-3-14(16)21(25,26)27)19-17(24)18(28)29-10-30-19/h6-8,10,14-16,31H,1-5,9H2,(H2,28,29,30)/t14?,15-,16?/m0/s1. The van der Waals surface area contributed by atoms with Crippen LogP contribution in [0.3, 0.4) is 0 Å². The smallest absolute Gasteiger partial charge is 0.381 e. The van der Waals surface area contributed by atoms with E-state index >= 15 is 0 Å². The van der Waals surface area contributed by atoms with Gasteiger partial charge in [-0.3, -0.25) is 4.79 Å². The molecule has 2 aliphatic heterocycles. The lowest BCUT2D eigenvalue weighted by atomic mass is 9.87. The highest BCUT2D eigenvalue weighted by Gasteiger charge is 2.51. The molecule has 2 aliphatic rings. The molecular formula is C21H22Cl2F4N6O. The molecule has 3 heterocycles. The molecule has 0 aliphatic carbocycles. The van der Waals surface area contributed by atoms with Crippen LogP contribution < -0.4 is 16.0 Å². The lowest BCUT2D eigenvalue weighted by molar-refractivity contribution is -0.197. The third kappa shape index (κ3) is 5.10. The summed E-state index contributed by atoms with van der Waals surface area (Å²) in [5.41, 5.74) is 6.01. The van der Waals surface area contributed by atoms with Gasteiger partial charge in [-0.15, -0.1) is 0 Å². The van der Waals surface area contributed by atoms with Gasteiger partial charge in [-0.25, -0.2) is 9.97 Å². The average Bonchev–Trinajstić information content (AvgIpc) is 2.75. The predicted molar refractivity (Wildman–Crippen MR) is 121 cm³/mol. The van der Waals surface area contributed by atoms with Gasteiger partial charge in [-0.05, 0) is 37.5 Å². The number of nitrogens with zero attached hydrogens (tertiary/aromatic N) is 4. The van der Waals surface area contributed by atoms with E-state index in [4.69, 9.17) is 28.9 Å². The Morgan fingerprint density at radius 2 is 1.79 bits per heavy atom. The summed E-state index contributed by atoms with van der Waals surface area (Å²) in [6, 6.07) is 2.74. The van der Waals surface area contributed by atoms with Crippen LogP contribution in [0.4, 0.5) is 34.9 Å². The zero-order chi connectivity index (χ0) is 24.6. The number of amides is 1. The number of halogens is 6. The summed E-state index contributed by atoms with van der Waals surface area (Å²) in [5, 5.41) is 3.77. The summed E-state index contributed by atoms with van der Waals surface area (Å²) in [7, 11) is 0. The second kappa shape index (κ2) is 9.61. The van der Waals surface area contributed by atoms with Crippen molar-refractivity contribution in [2.45, 2.75) is 37.5 Å². The SMILES string of the molecule is Nc1ncnc(N2CCC(C(F)(F)F)C(N3CCC[C@H](Nc4cc(Cl)cc(Cl)c4)C3=O)C2)c1F. The number of benzene rings is 1. The normalized spacial score (nSPS) is 23.8. The van der Waals surface area contributed by atoms with Crippen molar-refractivity contribution in [3.8, 4) is 0 Å². The van der Waals surface area contributed by atoms with Gasteiger partial charge in [-0.2, -0.15) is 17.6 Å². The fourth-order valence-corrected chi connectivity index (χ4v) is 5.14. The van der Waals surface area contributed by atoms with E-state index in [0.717, 1.165) is 6.33 Å². The minimum absolute atomic E-state index is 0.0846. The molecule has 0 bridgehead atoms. The number of nitrogen functional groups attached to an aromatic ring is 1. The molecule has 3 N–H and O–H groups in total. The Bertz CT molecular complexity index is 1050. The molecule has 0 saturated carbocycles. The first kappa shape index (κ1) is 24.6. The van der Waals surface area contributed by atoms with Gasteiger partial charge in [0, 0.05) is 35.4 Å². The van der Waals surface area contributed by atoms with E-state index in [9.17, 15) is 22.4 Å². The van der Waals surface area contributed by atoms with Crippen molar-refractivity contribution in [2.24, 2.45) is 5.92 Å². The number of rotatable bonds is 4. The minimum atomic E-state index is -4.53. The summed E-state index contributed by atoms with van der Waals surface area (Å²) in [6.07, 6.45) is -2.86. The van der Waals surface area contributed by atoms with Crippen molar-refractivity contribution in [3.63, 3.8) is 0 Å². The number of alkyl halides is 3. The van der Waals surface area contributed by atoms with Gasteiger partial charge >= 0.3 is 6.18 Å². The monoisotopic (exact) mass is 520 g/mol. The van der Waals surface area contributed by atoms with E-state index in [2.05, 4.69) is 15.3 Å². The van der Waals surface area contributed by atoms with Crippen LogP contribution in [0.1, 0.15) is 19.3 Å². The molecule has 2 aromatic rings. The highest BCUT2D eigenvalue weighted by atomic mass is 35.5. The molecule has 2 unspecified atom stereocenters. The molecule has 4 rings (SSSR count). The first-order chi connectivity index (χ1) is 16.0. The highest BCUT2D eigenvalue weighted by molar-refractivity contribution is 6.35. The fraction of sp³-hybridized carbons (Fsp3) is 0.476. The molecule has 1 aromatic heterocycles. The Morgan fingerprint density at radius 1 is 1.09 bits per heavy atom. The van der Waals surface area contributed by atoms with Crippen molar-refractivity contribution in [1.82, 2.24) is 14.9 Å². The van der Waals surface area contributed by atoms with Gasteiger partial charge in [0.05, 0.1) is 12.0 Å². The lowest BCUT2D eigenvalue weighted by Gasteiger charge is -2.47. The minimum Gasteiger partial charge on any atom is -0.381 e.